The van der Waals surface area contributed by atoms with Gasteiger partial charge in [-0.3, -0.25) is 4.79 Å². The van der Waals surface area contributed by atoms with E-state index in [9.17, 15) is 9.18 Å². The van der Waals surface area contributed by atoms with Gasteiger partial charge >= 0.3 is 0 Å². The lowest BCUT2D eigenvalue weighted by Gasteiger charge is -2.05. The molecule has 4 rings (SSSR count). The fraction of sp³-hybridized carbons (Fsp3) is 0.0556. The Morgan fingerprint density at radius 1 is 1.12 bits per heavy atom. The fourth-order valence-corrected chi connectivity index (χ4v) is 3.41. The van der Waals surface area contributed by atoms with Crippen LogP contribution in [0, 0.1) is 5.82 Å². The molecule has 0 saturated carbocycles. The van der Waals surface area contributed by atoms with Crippen LogP contribution >= 0.6 is 23.4 Å². The van der Waals surface area contributed by atoms with Crippen LogP contribution in [0.2, 0.25) is 5.02 Å². The molecule has 2 aromatic carbocycles. The molecular weight excluding hydrogens is 375 g/mol. The van der Waals surface area contributed by atoms with Crippen molar-refractivity contribution in [1.82, 2.24) is 19.7 Å². The number of benzene rings is 2. The van der Waals surface area contributed by atoms with Gasteiger partial charge in [-0.25, -0.2) is 14.1 Å². The van der Waals surface area contributed by atoms with Crippen LogP contribution in [0.5, 0.6) is 0 Å². The van der Waals surface area contributed by atoms with Crippen molar-refractivity contribution in [3.05, 3.63) is 81.5 Å². The first kappa shape index (κ1) is 16.8. The summed E-state index contributed by atoms with van der Waals surface area (Å²) in [5, 5.41) is 5.76. The standard InChI is InChI=1S/C18H12ClFN4OS/c19-12-3-1-11(2-4-12)10-26-18-22-16-15(17(25)23-18)9-21-24(16)14-7-5-13(20)6-8-14/h1-9H,10H2,(H,22,23,25). The van der Waals surface area contributed by atoms with E-state index in [4.69, 9.17) is 11.6 Å². The Labute approximate surface area is 156 Å². The summed E-state index contributed by atoms with van der Waals surface area (Å²) in [4.78, 5) is 19.6. The Balaban J connectivity index is 1.68. The highest BCUT2D eigenvalue weighted by Crippen LogP contribution is 2.22. The summed E-state index contributed by atoms with van der Waals surface area (Å²) in [6.45, 7) is 0. The third-order valence-electron chi connectivity index (χ3n) is 3.78. The molecule has 4 aromatic rings. The largest absolute Gasteiger partial charge is 0.301 e. The summed E-state index contributed by atoms with van der Waals surface area (Å²) in [5.41, 5.74) is 1.86. The van der Waals surface area contributed by atoms with Crippen molar-refractivity contribution in [2.24, 2.45) is 0 Å². The average molecular weight is 387 g/mol. The van der Waals surface area contributed by atoms with Crippen LogP contribution in [0.4, 0.5) is 4.39 Å². The van der Waals surface area contributed by atoms with Crippen LogP contribution < -0.4 is 5.56 Å². The minimum Gasteiger partial charge on any atom is -0.301 e. The van der Waals surface area contributed by atoms with Crippen molar-refractivity contribution < 1.29 is 4.39 Å². The second-order valence-corrected chi connectivity index (χ2v) is 6.96. The molecule has 8 heteroatoms. The highest BCUT2D eigenvalue weighted by molar-refractivity contribution is 7.98. The number of H-pyrrole nitrogens is 1. The maximum atomic E-state index is 13.1. The zero-order chi connectivity index (χ0) is 18.1. The number of rotatable bonds is 4. The van der Waals surface area contributed by atoms with E-state index in [0.29, 0.717) is 32.7 Å². The Hall–Kier alpha value is -2.64. The zero-order valence-electron chi connectivity index (χ0n) is 13.3. The van der Waals surface area contributed by atoms with Gasteiger partial charge < -0.3 is 4.98 Å². The first-order valence-electron chi connectivity index (χ1n) is 7.71. The molecule has 0 aliphatic rings. The number of hydrogen-bond acceptors (Lipinski definition) is 4. The summed E-state index contributed by atoms with van der Waals surface area (Å²) in [7, 11) is 0. The van der Waals surface area contributed by atoms with E-state index >= 15 is 0 Å². The molecule has 0 saturated heterocycles. The third-order valence-corrected chi connectivity index (χ3v) is 4.97. The quantitative estimate of drug-likeness (QED) is 0.422. The van der Waals surface area contributed by atoms with Gasteiger partial charge in [-0.1, -0.05) is 35.5 Å². The molecule has 0 unspecified atom stereocenters. The normalized spacial score (nSPS) is 11.2. The molecule has 2 aromatic heterocycles. The average Bonchev–Trinajstić information content (AvgIpc) is 3.06. The molecule has 5 nitrogen and oxygen atoms in total. The molecule has 1 N–H and O–H groups in total. The van der Waals surface area contributed by atoms with E-state index < -0.39 is 0 Å². The Morgan fingerprint density at radius 2 is 1.85 bits per heavy atom. The number of aromatic nitrogens is 4. The van der Waals surface area contributed by atoms with Gasteiger partial charge in [0.2, 0.25) is 0 Å². The van der Waals surface area contributed by atoms with Crippen LogP contribution in [0.1, 0.15) is 5.56 Å². The number of fused-ring (bicyclic) bond motifs is 1. The van der Waals surface area contributed by atoms with Gasteiger partial charge in [-0.2, -0.15) is 5.10 Å². The SMILES string of the molecule is O=c1[nH]c(SCc2ccc(Cl)cc2)nc2c1cnn2-c1ccc(F)cc1. The molecule has 130 valence electrons. The van der Waals surface area contributed by atoms with Crippen molar-refractivity contribution in [2.45, 2.75) is 10.9 Å². The van der Waals surface area contributed by atoms with Gasteiger partial charge in [-0.05, 0) is 42.0 Å². The summed E-state index contributed by atoms with van der Waals surface area (Å²) >= 11 is 7.30. The minimum absolute atomic E-state index is 0.262. The lowest BCUT2D eigenvalue weighted by molar-refractivity contribution is 0.627. The molecule has 0 bridgehead atoms. The second kappa shape index (κ2) is 6.93. The second-order valence-electron chi connectivity index (χ2n) is 5.56. The van der Waals surface area contributed by atoms with Crippen molar-refractivity contribution in [3.63, 3.8) is 0 Å². The topological polar surface area (TPSA) is 63.6 Å². The Morgan fingerprint density at radius 3 is 2.58 bits per heavy atom. The van der Waals surface area contributed by atoms with Crippen LogP contribution in [-0.2, 0) is 5.75 Å². The lowest BCUT2D eigenvalue weighted by Crippen LogP contribution is -2.09. The predicted molar refractivity (Wildman–Crippen MR) is 100 cm³/mol. The molecule has 0 radical (unpaired) electrons. The molecule has 0 aliphatic heterocycles. The summed E-state index contributed by atoms with van der Waals surface area (Å²) in [6.07, 6.45) is 1.46. The van der Waals surface area contributed by atoms with E-state index in [-0.39, 0.29) is 11.4 Å². The van der Waals surface area contributed by atoms with Gasteiger partial charge in [0.05, 0.1) is 11.9 Å². The van der Waals surface area contributed by atoms with Crippen LogP contribution in [-0.4, -0.2) is 19.7 Å². The van der Waals surface area contributed by atoms with Crippen molar-refractivity contribution >= 4 is 34.4 Å². The highest BCUT2D eigenvalue weighted by Gasteiger charge is 2.12. The molecule has 0 spiro atoms. The Bertz CT molecular complexity index is 1120. The van der Waals surface area contributed by atoms with E-state index in [0.717, 1.165) is 5.56 Å². The van der Waals surface area contributed by atoms with Gasteiger partial charge in [0.25, 0.3) is 5.56 Å². The molecule has 26 heavy (non-hydrogen) atoms. The molecule has 0 atom stereocenters. The van der Waals surface area contributed by atoms with Crippen molar-refractivity contribution in [3.8, 4) is 5.69 Å². The van der Waals surface area contributed by atoms with E-state index in [2.05, 4.69) is 15.1 Å². The van der Waals surface area contributed by atoms with E-state index in [1.54, 1.807) is 12.1 Å². The molecule has 0 fully saturated rings. The maximum Gasteiger partial charge on any atom is 0.262 e. The smallest absolute Gasteiger partial charge is 0.262 e. The number of halogens is 2. The van der Waals surface area contributed by atoms with Gasteiger partial charge in [0, 0.05) is 10.8 Å². The minimum atomic E-state index is -0.338. The molecular formula is C18H12ClFN4OS. The maximum absolute atomic E-state index is 13.1. The van der Waals surface area contributed by atoms with E-state index in [1.165, 1.54) is 34.8 Å². The van der Waals surface area contributed by atoms with Crippen molar-refractivity contribution in [2.75, 3.05) is 0 Å². The lowest BCUT2D eigenvalue weighted by atomic mass is 10.2. The number of nitrogens with one attached hydrogen (secondary N) is 1. The van der Waals surface area contributed by atoms with Crippen molar-refractivity contribution in [1.29, 1.82) is 0 Å². The third kappa shape index (κ3) is 3.36. The van der Waals surface area contributed by atoms with E-state index in [1.807, 2.05) is 24.3 Å². The fourth-order valence-electron chi connectivity index (χ4n) is 2.47. The first-order chi connectivity index (χ1) is 12.6. The molecule has 0 aliphatic carbocycles. The molecule has 2 heterocycles. The Kier molecular flexibility index (Phi) is 4.48. The van der Waals surface area contributed by atoms with Gasteiger partial charge in [0.1, 0.15) is 11.2 Å². The first-order valence-corrected chi connectivity index (χ1v) is 9.08. The number of thioether (sulfide) groups is 1. The highest BCUT2D eigenvalue weighted by atomic mass is 35.5. The number of aromatic amines is 1. The summed E-state index contributed by atoms with van der Waals surface area (Å²) in [5.74, 6) is 0.297. The zero-order valence-corrected chi connectivity index (χ0v) is 14.9. The number of hydrogen-bond donors (Lipinski definition) is 1. The van der Waals surface area contributed by atoms with Crippen LogP contribution in [0.25, 0.3) is 16.7 Å². The molecule has 0 amide bonds. The van der Waals surface area contributed by atoms with Gasteiger partial charge in [-0.15, -0.1) is 0 Å². The monoisotopic (exact) mass is 386 g/mol. The summed E-state index contributed by atoms with van der Waals surface area (Å²) in [6, 6.07) is 13.3. The number of nitrogens with zero attached hydrogens (tertiary/aromatic N) is 3. The summed E-state index contributed by atoms with van der Waals surface area (Å²) < 4.78 is 14.7. The van der Waals surface area contributed by atoms with Crippen LogP contribution in [0.3, 0.4) is 0 Å². The predicted octanol–water partition coefficient (Wildman–Crippen LogP) is 4.19. The van der Waals surface area contributed by atoms with Crippen LogP contribution in [0.15, 0.2) is 64.7 Å². The van der Waals surface area contributed by atoms with Gasteiger partial charge in [0.15, 0.2) is 10.8 Å².